The first-order valence-electron chi connectivity index (χ1n) is 9.05. The molecule has 0 saturated carbocycles. The second-order valence-corrected chi connectivity index (χ2v) is 9.57. The lowest BCUT2D eigenvalue weighted by Gasteiger charge is -2.20. The van der Waals surface area contributed by atoms with Gasteiger partial charge < -0.3 is 14.4 Å². The molecule has 1 aromatic carbocycles. The van der Waals surface area contributed by atoms with E-state index in [2.05, 4.69) is 10.1 Å². The molecule has 27 heavy (non-hydrogen) atoms. The van der Waals surface area contributed by atoms with E-state index in [1.165, 1.54) is 4.31 Å². The molecule has 3 heterocycles. The zero-order valence-corrected chi connectivity index (χ0v) is 16.4. The molecule has 0 unspecified atom stereocenters. The number of hydrogen-bond donors (Lipinski definition) is 1. The predicted octanol–water partition coefficient (Wildman–Crippen LogP) is 1.80. The first-order valence-corrected chi connectivity index (χ1v) is 10.5. The molecular weight excluding hydrogens is 370 g/mol. The molecule has 2 aromatic rings. The molecule has 2 aliphatic heterocycles. The Morgan fingerprint density at radius 2 is 2.15 bits per heavy atom. The number of rotatable bonds is 4. The number of ether oxygens (including phenoxy) is 1. The molecule has 0 bridgehead atoms. The molecule has 9 heteroatoms. The number of β-amino-alcohol motifs (C(OH)–C–C–N with tert-alkyl or cyclic N) is 1. The Morgan fingerprint density at radius 1 is 1.37 bits per heavy atom. The van der Waals surface area contributed by atoms with Gasteiger partial charge in [0.1, 0.15) is 11.9 Å². The van der Waals surface area contributed by atoms with E-state index in [0.29, 0.717) is 12.2 Å². The average molecular weight is 393 g/mol. The Morgan fingerprint density at radius 3 is 2.85 bits per heavy atom. The Labute approximate surface area is 158 Å². The lowest BCUT2D eigenvalue weighted by molar-refractivity contribution is 0.0194. The highest BCUT2D eigenvalue weighted by atomic mass is 32.2. The van der Waals surface area contributed by atoms with E-state index in [0.717, 1.165) is 11.3 Å². The van der Waals surface area contributed by atoms with Crippen LogP contribution in [0.5, 0.6) is 5.75 Å². The van der Waals surface area contributed by atoms with E-state index in [4.69, 9.17) is 9.26 Å². The van der Waals surface area contributed by atoms with Crippen LogP contribution in [0.4, 0.5) is 0 Å². The smallest absolute Gasteiger partial charge is 0.260 e. The lowest BCUT2D eigenvalue weighted by Crippen LogP contribution is -2.34. The first-order chi connectivity index (χ1) is 12.7. The Kier molecular flexibility index (Phi) is 4.28. The van der Waals surface area contributed by atoms with E-state index in [1.54, 1.807) is 18.2 Å². The van der Waals surface area contributed by atoms with Gasteiger partial charge in [-0.2, -0.15) is 9.29 Å². The van der Waals surface area contributed by atoms with Crippen molar-refractivity contribution in [1.29, 1.82) is 0 Å². The van der Waals surface area contributed by atoms with Gasteiger partial charge in [0, 0.05) is 25.3 Å². The third-order valence-electron chi connectivity index (χ3n) is 5.07. The molecule has 0 radical (unpaired) electrons. The predicted molar refractivity (Wildman–Crippen MR) is 95.9 cm³/mol. The van der Waals surface area contributed by atoms with Gasteiger partial charge in [0.05, 0.1) is 11.4 Å². The molecule has 2 aliphatic rings. The minimum Gasteiger partial charge on any atom is -0.490 e. The Balaban J connectivity index is 1.58. The maximum absolute atomic E-state index is 13.1. The summed E-state index contributed by atoms with van der Waals surface area (Å²) in [4.78, 5) is 4.45. The van der Waals surface area contributed by atoms with Crippen LogP contribution in [-0.4, -0.2) is 47.2 Å². The summed E-state index contributed by atoms with van der Waals surface area (Å²) in [5.41, 5.74) is -0.585. The zero-order valence-electron chi connectivity index (χ0n) is 15.5. The summed E-state index contributed by atoms with van der Waals surface area (Å²) in [5.74, 6) is 1.35. The van der Waals surface area contributed by atoms with E-state index in [1.807, 2.05) is 20.8 Å². The van der Waals surface area contributed by atoms with Gasteiger partial charge in [0.15, 0.2) is 11.4 Å². The number of sulfonamides is 1. The molecule has 4 rings (SSSR count). The van der Waals surface area contributed by atoms with Crippen molar-refractivity contribution in [2.24, 2.45) is 0 Å². The van der Waals surface area contributed by atoms with Crippen LogP contribution in [0, 0.1) is 0 Å². The normalized spacial score (nSPS) is 25.7. The number of aliphatic hydroxyl groups is 1. The summed E-state index contributed by atoms with van der Waals surface area (Å²) < 4.78 is 38.2. The van der Waals surface area contributed by atoms with Gasteiger partial charge >= 0.3 is 0 Å². The molecule has 2 atom stereocenters. The maximum Gasteiger partial charge on any atom is 0.260 e. The quantitative estimate of drug-likeness (QED) is 0.844. The topological polar surface area (TPSA) is 106 Å². The average Bonchev–Trinajstić information content (AvgIpc) is 3.31. The van der Waals surface area contributed by atoms with Crippen LogP contribution in [-0.2, 0) is 22.0 Å². The van der Waals surface area contributed by atoms with Gasteiger partial charge in [-0.1, -0.05) is 19.0 Å². The van der Waals surface area contributed by atoms with Crippen LogP contribution in [0.15, 0.2) is 27.6 Å². The molecule has 8 nitrogen and oxygen atoms in total. The summed E-state index contributed by atoms with van der Waals surface area (Å²) >= 11 is 0. The Hall–Kier alpha value is -1.97. The molecule has 1 N–H and O–H groups in total. The first kappa shape index (κ1) is 18.4. The van der Waals surface area contributed by atoms with Crippen LogP contribution in [0.1, 0.15) is 50.4 Å². The summed E-state index contributed by atoms with van der Waals surface area (Å²) in [6, 6.07) is 4.91. The van der Waals surface area contributed by atoms with E-state index >= 15 is 0 Å². The molecular formula is C18H23N3O5S. The zero-order chi connectivity index (χ0) is 19.4. The van der Waals surface area contributed by atoms with Gasteiger partial charge in [0.25, 0.3) is 5.89 Å². The highest BCUT2D eigenvalue weighted by molar-refractivity contribution is 7.89. The second-order valence-electron chi connectivity index (χ2n) is 7.63. The maximum atomic E-state index is 13.1. The summed E-state index contributed by atoms with van der Waals surface area (Å²) in [7, 11) is -3.74. The molecule has 1 fully saturated rings. The van der Waals surface area contributed by atoms with E-state index in [-0.39, 0.29) is 42.3 Å². The molecule has 0 aliphatic carbocycles. The summed E-state index contributed by atoms with van der Waals surface area (Å²) in [6.45, 7) is 5.86. The van der Waals surface area contributed by atoms with Crippen molar-refractivity contribution in [3.8, 4) is 5.75 Å². The number of nitrogens with zero attached hydrogens (tertiary/aromatic N) is 3. The molecule has 0 spiro atoms. The van der Waals surface area contributed by atoms with Crippen LogP contribution >= 0.6 is 0 Å². The number of benzene rings is 1. The van der Waals surface area contributed by atoms with Gasteiger partial charge in [-0.25, -0.2) is 8.42 Å². The van der Waals surface area contributed by atoms with Crippen molar-refractivity contribution in [1.82, 2.24) is 14.4 Å². The SMILES string of the molecule is CC(C)c1noc([C@]2(O)CCN(S(=O)(=O)c3ccc4c(c3)C[C@@H](C)O4)C2)n1. The van der Waals surface area contributed by atoms with Crippen molar-refractivity contribution in [2.45, 2.75) is 56.1 Å². The van der Waals surface area contributed by atoms with Crippen molar-refractivity contribution >= 4 is 10.0 Å². The fourth-order valence-electron chi connectivity index (χ4n) is 3.51. The number of hydrogen-bond acceptors (Lipinski definition) is 7. The fraction of sp³-hybridized carbons (Fsp3) is 0.556. The van der Waals surface area contributed by atoms with Gasteiger partial charge in [0.2, 0.25) is 10.0 Å². The van der Waals surface area contributed by atoms with Gasteiger partial charge in [-0.3, -0.25) is 0 Å². The van der Waals surface area contributed by atoms with Gasteiger partial charge in [-0.15, -0.1) is 0 Å². The van der Waals surface area contributed by atoms with E-state index in [9.17, 15) is 13.5 Å². The van der Waals surface area contributed by atoms with Crippen LogP contribution in [0.2, 0.25) is 0 Å². The second kappa shape index (κ2) is 6.29. The largest absolute Gasteiger partial charge is 0.490 e. The van der Waals surface area contributed by atoms with E-state index < -0.39 is 15.6 Å². The molecule has 1 saturated heterocycles. The van der Waals surface area contributed by atoms with Crippen molar-refractivity contribution < 1.29 is 22.8 Å². The third-order valence-corrected chi connectivity index (χ3v) is 6.92. The summed E-state index contributed by atoms with van der Waals surface area (Å²) in [5, 5.41) is 14.8. The monoisotopic (exact) mass is 393 g/mol. The molecule has 1 aromatic heterocycles. The van der Waals surface area contributed by atoms with Gasteiger partial charge in [-0.05, 0) is 30.7 Å². The minimum absolute atomic E-state index is 0.0440. The summed E-state index contributed by atoms with van der Waals surface area (Å²) in [6.07, 6.45) is 0.933. The Bertz CT molecular complexity index is 971. The highest BCUT2D eigenvalue weighted by Crippen LogP contribution is 2.36. The fourth-order valence-corrected chi connectivity index (χ4v) is 5.05. The van der Waals surface area contributed by atoms with Crippen LogP contribution in [0.3, 0.4) is 0 Å². The number of aromatic nitrogens is 2. The van der Waals surface area contributed by atoms with Crippen molar-refractivity contribution in [2.75, 3.05) is 13.1 Å². The number of fused-ring (bicyclic) bond motifs is 1. The van der Waals surface area contributed by atoms with Crippen molar-refractivity contribution in [3.05, 3.63) is 35.5 Å². The lowest BCUT2D eigenvalue weighted by atomic mass is 10.0. The van der Waals surface area contributed by atoms with Crippen LogP contribution in [0.25, 0.3) is 0 Å². The van der Waals surface area contributed by atoms with Crippen molar-refractivity contribution in [3.63, 3.8) is 0 Å². The highest BCUT2D eigenvalue weighted by Gasteiger charge is 2.47. The minimum atomic E-state index is -3.74. The molecule has 146 valence electrons. The standard InChI is InChI=1S/C18H23N3O5S/c1-11(2)16-19-17(26-20-16)18(22)6-7-21(10-18)27(23,24)14-4-5-15-13(9-14)8-12(3)25-15/h4-5,9,11-12,22H,6-8,10H2,1-3H3/t12-,18+/m1/s1. The van der Waals surface area contributed by atoms with Crippen LogP contribution < -0.4 is 4.74 Å². The molecule has 0 amide bonds. The third kappa shape index (κ3) is 3.13.